The molecule has 0 radical (unpaired) electrons. The summed E-state index contributed by atoms with van der Waals surface area (Å²) in [5, 5.41) is 3.75. The summed E-state index contributed by atoms with van der Waals surface area (Å²) < 4.78 is 5.86. The van der Waals surface area contributed by atoms with Crippen molar-refractivity contribution in [2.24, 2.45) is 0 Å². The molecular formula is C22H28ClNO2. The first-order valence-electron chi connectivity index (χ1n) is 9.07. The third-order valence-corrected chi connectivity index (χ3v) is 4.67. The maximum atomic E-state index is 12.8. The molecule has 1 amide bonds. The Morgan fingerprint density at radius 1 is 1.00 bits per heavy atom. The summed E-state index contributed by atoms with van der Waals surface area (Å²) in [4.78, 5) is 12.8. The number of halogens is 1. The van der Waals surface area contributed by atoms with Crippen LogP contribution in [0.15, 0.2) is 36.4 Å². The highest BCUT2D eigenvalue weighted by atomic mass is 35.5. The second-order valence-electron chi connectivity index (χ2n) is 7.28. The lowest BCUT2D eigenvalue weighted by atomic mass is 9.92. The third kappa shape index (κ3) is 4.79. The quantitative estimate of drug-likeness (QED) is 0.645. The molecule has 26 heavy (non-hydrogen) atoms. The second-order valence-corrected chi connectivity index (χ2v) is 7.72. The molecule has 1 N–H and O–H groups in total. The van der Waals surface area contributed by atoms with Crippen LogP contribution in [0.1, 0.15) is 63.1 Å². The van der Waals surface area contributed by atoms with Crippen molar-refractivity contribution in [1.82, 2.24) is 0 Å². The van der Waals surface area contributed by atoms with E-state index >= 15 is 0 Å². The Balaban J connectivity index is 2.23. The van der Waals surface area contributed by atoms with Crippen molar-refractivity contribution in [3.63, 3.8) is 0 Å². The summed E-state index contributed by atoms with van der Waals surface area (Å²) in [6, 6.07) is 11.6. The molecule has 2 aromatic carbocycles. The standard InChI is InChI=1S/C22H28ClNO2/c1-13(2)18-8-7-9-19(14(3)4)21(18)24-22(25)16(6)26-20-11-10-17(23)12-15(20)5/h7-14,16H,1-6H3,(H,24,25). The first-order chi connectivity index (χ1) is 12.2. The minimum absolute atomic E-state index is 0.158. The van der Waals surface area contributed by atoms with Crippen molar-refractivity contribution in [3.8, 4) is 5.75 Å². The molecule has 0 fully saturated rings. The number of hydrogen-bond donors (Lipinski definition) is 1. The van der Waals surface area contributed by atoms with Gasteiger partial charge in [-0.2, -0.15) is 0 Å². The highest BCUT2D eigenvalue weighted by Gasteiger charge is 2.20. The predicted molar refractivity (Wildman–Crippen MR) is 110 cm³/mol. The van der Waals surface area contributed by atoms with E-state index in [1.54, 1.807) is 19.1 Å². The number of anilines is 1. The number of rotatable bonds is 6. The van der Waals surface area contributed by atoms with E-state index < -0.39 is 6.10 Å². The summed E-state index contributed by atoms with van der Waals surface area (Å²) in [6.07, 6.45) is -0.616. The Bertz CT molecular complexity index is 757. The molecule has 0 heterocycles. The van der Waals surface area contributed by atoms with Gasteiger partial charge in [-0.1, -0.05) is 57.5 Å². The Kier molecular flexibility index (Phi) is 6.71. The molecule has 140 valence electrons. The van der Waals surface area contributed by atoms with Crippen LogP contribution < -0.4 is 10.1 Å². The predicted octanol–water partition coefficient (Wildman–Crippen LogP) is 6.30. The molecule has 1 atom stereocenters. The van der Waals surface area contributed by atoms with E-state index in [0.29, 0.717) is 22.6 Å². The first kappa shape index (κ1) is 20.3. The van der Waals surface area contributed by atoms with Gasteiger partial charge in [0.25, 0.3) is 5.91 Å². The topological polar surface area (TPSA) is 38.3 Å². The van der Waals surface area contributed by atoms with Crippen molar-refractivity contribution >= 4 is 23.2 Å². The Labute approximate surface area is 161 Å². The first-order valence-corrected chi connectivity index (χ1v) is 9.45. The molecule has 0 bridgehead atoms. The van der Waals surface area contributed by atoms with Crippen molar-refractivity contribution in [3.05, 3.63) is 58.1 Å². The molecule has 0 aliphatic rings. The van der Waals surface area contributed by atoms with E-state index in [1.165, 1.54) is 0 Å². The number of carbonyl (C=O) groups is 1. The van der Waals surface area contributed by atoms with Gasteiger partial charge in [-0.25, -0.2) is 0 Å². The van der Waals surface area contributed by atoms with Crippen LogP contribution in [0.4, 0.5) is 5.69 Å². The molecule has 0 saturated carbocycles. The fraction of sp³-hybridized carbons (Fsp3) is 0.409. The highest BCUT2D eigenvalue weighted by Crippen LogP contribution is 2.32. The number of aryl methyl sites for hydroxylation is 1. The van der Waals surface area contributed by atoms with Crippen molar-refractivity contribution < 1.29 is 9.53 Å². The molecule has 3 nitrogen and oxygen atoms in total. The van der Waals surface area contributed by atoms with Gasteiger partial charge >= 0.3 is 0 Å². The molecule has 2 aromatic rings. The SMILES string of the molecule is Cc1cc(Cl)ccc1OC(C)C(=O)Nc1c(C(C)C)cccc1C(C)C. The number of amides is 1. The monoisotopic (exact) mass is 373 g/mol. The largest absolute Gasteiger partial charge is 0.481 e. The average Bonchev–Trinajstić information content (AvgIpc) is 2.56. The van der Waals surface area contributed by atoms with Crippen LogP contribution in [0.5, 0.6) is 5.75 Å². The van der Waals surface area contributed by atoms with E-state index in [4.69, 9.17) is 16.3 Å². The van der Waals surface area contributed by atoms with Crippen LogP contribution >= 0.6 is 11.6 Å². The number of carbonyl (C=O) groups excluding carboxylic acids is 1. The lowest BCUT2D eigenvalue weighted by Crippen LogP contribution is -2.31. The molecule has 0 saturated heterocycles. The molecule has 0 aliphatic heterocycles. The number of ether oxygens (including phenoxy) is 1. The number of para-hydroxylation sites is 1. The Morgan fingerprint density at radius 2 is 1.58 bits per heavy atom. The van der Waals surface area contributed by atoms with Gasteiger partial charge in [0, 0.05) is 10.7 Å². The molecule has 0 aliphatic carbocycles. The van der Waals surface area contributed by atoms with Crippen molar-refractivity contribution in [2.75, 3.05) is 5.32 Å². The van der Waals surface area contributed by atoms with Crippen molar-refractivity contribution in [2.45, 2.75) is 59.5 Å². The van der Waals surface area contributed by atoms with Gasteiger partial charge < -0.3 is 10.1 Å². The second kappa shape index (κ2) is 8.59. The highest BCUT2D eigenvalue weighted by molar-refractivity contribution is 6.30. The van der Waals surface area contributed by atoms with Crippen LogP contribution in [-0.2, 0) is 4.79 Å². The van der Waals surface area contributed by atoms with Crippen LogP contribution in [-0.4, -0.2) is 12.0 Å². The number of nitrogens with one attached hydrogen (secondary N) is 1. The van der Waals surface area contributed by atoms with E-state index in [2.05, 4.69) is 51.2 Å². The van der Waals surface area contributed by atoms with Gasteiger partial charge in [0.2, 0.25) is 0 Å². The van der Waals surface area contributed by atoms with Crippen molar-refractivity contribution in [1.29, 1.82) is 0 Å². The van der Waals surface area contributed by atoms with Crippen LogP contribution in [0.3, 0.4) is 0 Å². The Morgan fingerprint density at radius 3 is 2.08 bits per heavy atom. The van der Waals surface area contributed by atoms with Crippen LogP contribution in [0.25, 0.3) is 0 Å². The van der Waals surface area contributed by atoms with E-state index in [0.717, 1.165) is 22.4 Å². The van der Waals surface area contributed by atoms with Gasteiger partial charge in [-0.3, -0.25) is 4.79 Å². The maximum absolute atomic E-state index is 12.8. The summed E-state index contributed by atoms with van der Waals surface area (Å²) in [6.45, 7) is 12.2. The lowest BCUT2D eigenvalue weighted by molar-refractivity contribution is -0.122. The minimum Gasteiger partial charge on any atom is -0.481 e. The van der Waals surface area contributed by atoms with Gasteiger partial charge in [0.05, 0.1) is 0 Å². The van der Waals surface area contributed by atoms with Crippen LogP contribution in [0.2, 0.25) is 5.02 Å². The molecular weight excluding hydrogens is 346 g/mol. The van der Waals surface area contributed by atoms with E-state index in [9.17, 15) is 4.79 Å². The van der Waals surface area contributed by atoms with E-state index in [1.807, 2.05) is 13.0 Å². The summed E-state index contributed by atoms with van der Waals surface area (Å²) in [5.41, 5.74) is 4.09. The molecule has 4 heteroatoms. The Hall–Kier alpha value is -2.00. The summed E-state index contributed by atoms with van der Waals surface area (Å²) >= 11 is 5.98. The molecule has 0 aromatic heterocycles. The smallest absolute Gasteiger partial charge is 0.265 e. The zero-order chi connectivity index (χ0) is 19.4. The normalized spacial score (nSPS) is 12.3. The molecule has 0 spiro atoms. The molecule has 2 rings (SSSR count). The number of hydrogen-bond acceptors (Lipinski definition) is 2. The average molecular weight is 374 g/mol. The zero-order valence-corrected chi connectivity index (χ0v) is 17.1. The zero-order valence-electron chi connectivity index (χ0n) is 16.4. The fourth-order valence-corrected chi connectivity index (χ4v) is 3.14. The fourth-order valence-electron chi connectivity index (χ4n) is 2.91. The van der Waals surface area contributed by atoms with Gasteiger partial charge in [-0.15, -0.1) is 0 Å². The minimum atomic E-state index is -0.616. The lowest BCUT2D eigenvalue weighted by Gasteiger charge is -2.22. The maximum Gasteiger partial charge on any atom is 0.265 e. The summed E-state index contributed by atoms with van der Waals surface area (Å²) in [7, 11) is 0. The van der Waals surface area contributed by atoms with Gasteiger partial charge in [0.15, 0.2) is 6.10 Å². The summed E-state index contributed by atoms with van der Waals surface area (Å²) in [5.74, 6) is 1.14. The number of benzene rings is 2. The third-order valence-electron chi connectivity index (χ3n) is 4.43. The van der Waals surface area contributed by atoms with Gasteiger partial charge in [0.1, 0.15) is 5.75 Å². The van der Waals surface area contributed by atoms with Crippen LogP contribution in [0, 0.1) is 6.92 Å². The van der Waals surface area contributed by atoms with Gasteiger partial charge in [-0.05, 0) is 60.6 Å². The van der Waals surface area contributed by atoms with E-state index in [-0.39, 0.29) is 5.91 Å². The molecule has 1 unspecified atom stereocenters.